The third-order valence-corrected chi connectivity index (χ3v) is 2.76. The van der Waals surface area contributed by atoms with Crippen LogP contribution in [-0.4, -0.2) is 6.54 Å². The number of hydrogen-bond acceptors (Lipinski definition) is 1. The van der Waals surface area contributed by atoms with Gasteiger partial charge in [0, 0.05) is 4.47 Å². The zero-order valence-corrected chi connectivity index (χ0v) is 9.49. The number of hydrogen-bond donors (Lipinski definition) is 1. The second-order valence-electron chi connectivity index (χ2n) is 2.93. The molecule has 1 rings (SSSR count). The summed E-state index contributed by atoms with van der Waals surface area (Å²) >= 11 is 8.99. The molecule has 72 valence electrons. The molecular formula is C9H10BrClFN. The highest BCUT2D eigenvalue weighted by Crippen LogP contribution is 2.29. The van der Waals surface area contributed by atoms with Crippen molar-refractivity contribution in [2.24, 2.45) is 5.73 Å². The van der Waals surface area contributed by atoms with Crippen LogP contribution in [0.4, 0.5) is 4.39 Å². The third-order valence-electron chi connectivity index (χ3n) is 1.91. The van der Waals surface area contributed by atoms with E-state index in [2.05, 4.69) is 15.9 Å². The lowest BCUT2D eigenvalue weighted by Crippen LogP contribution is -2.09. The zero-order valence-electron chi connectivity index (χ0n) is 7.15. The summed E-state index contributed by atoms with van der Waals surface area (Å²) in [7, 11) is 0. The van der Waals surface area contributed by atoms with E-state index in [1.165, 1.54) is 6.07 Å². The molecule has 0 bridgehead atoms. The minimum absolute atomic E-state index is 0.0690. The van der Waals surface area contributed by atoms with E-state index >= 15 is 0 Å². The molecule has 1 unspecified atom stereocenters. The molecular weight excluding hydrogens is 256 g/mol. The summed E-state index contributed by atoms with van der Waals surface area (Å²) in [4.78, 5) is 0. The van der Waals surface area contributed by atoms with E-state index in [0.29, 0.717) is 11.0 Å². The highest BCUT2D eigenvalue weighted by molar-refractivity contribution is 9.10. The standard InChI is InChI=1S/C9H10BrClFN/c1-5(4-13)7-2-6(10)3-8(12)9(7)11/h2-3,5H,4,13H2,1H3. The van der Waals surface area contributed by atoms with Gasteiger partial charge in [-0.15, -0.1) is 0 Å². The maximum Gasteiger partial charge on any atom is 0.143 e. The van der Waals surface area contributed by atoms with Crippen LogP contribution in [0.15, 0.2) is 16.6 Å². The average molecular weight is 267 g/mol. The van der Waals surface area contributed by atoms with Crippen LogP contribution < -0.4 is 5.73 Å². The van der Waals surface area contributed by atoms with E-state index in [-0.39, 0.29) is 10.9 Å². The first kappa shape index (κ1) is 11.0. The van der Waals surface area contributed by atoms with Gasteiger partial charge in [0.05, 0.1) is 5.02 Å². The first-order valence-corrected chi connectivity index (χ1v) is 5.08. The van der Waals surface area contributed by atoms with Crippen LogP contribution in [0.25, 0.3) is 0 Å². The molecule has 2 N–H and O–H groups in total. The predicted octanol–water partition coefficient (Wildman–Crippen LogP) is 3.30. The van der Waals surface area contributed by atoms with Crippen molar-refractivity contribution in [1.82, 2.24) is 0 Å². The molecule has 1 atom stereocenters. The predicted molar refractivity (Wildman–Crippen MR) is 56.6 cm³/mol. The highest BCUT2D eigenvalue weighted by Gasteiger charge is 2.12. The van der Waals surface area contributed by atoms with Crippen molar-refractivity contribution in [3.63, 3.8) is 0 Å². The minimum atomic E-state index is -0.411. The Hall–Kier alpha value is -0.120. The van der Waals surface area contributed by atoms with Crippen molar-refractivity contribution in [3.05, 3.63) is 33.0 Å². The summed E-state index contributed by atoms with van der Waals surface area (Å²) in [6.45, 7) is 2.36. The Balaban J connectivity index is 3.20. The van der Waals surface area contributed by atoms with Crippen molar-refractivity contribution < 1.29 is 4.39 Å². The fourth-order valence-corrected chi connectivity index (χ4v) is 1.80. The molecule has 0 radical (unpaired) electrons. The molecule has 0 spiro atoms. The van der Waals surface area contributed by atoms with Gasteiger partial charge in [-0.3, -0.25) is 0 Å². The fourth-order valence-electron chi connectivity index (χ4n) is 1.06. The summed E-state index contributed by atoms with van der Waals surface area (Å²) in [5, 5.41) is 0.168. The Morgan fingerprint density at radius 3 is 2.77 bits per heavy atom. The first-order valence-electron chi connectivity index (χ1n) is 3.90. The molecule has 1 nitrogen and oxygen atoms in total. The maximum atomic E-state index is 13.1. The van der Waals surface area contributed by atoms with E-state index in [4.69, 9.17) is 17.3 Å². The van der Waals surface area contributed by atoms with Gasteiger partial charge in [0.2, 0.25) is 0 Å². The van der Waals surface area contributed by atoms with Gasteiger partial charge in [-0.25, -0.2) is 4.39 Å². The maximum absolute atomic E-state index is 13.1. The lowest BCUT2D eigenvalue weighted by Gasteiger charge is -2.11. The van der Waals surface area contributed by atoms with Gasteiger partial charge in [-0.1, -0.05) is 34.5 Å². The number of nitrogens with two attached hydrogens (primary N) is 1. The molecule has 0 aliphatic rings. The Labute approximate surface area is 90.2 Å². The Morgan fingerprint density at radius 2 is 2.23 bits per heavy atom. The van der Waals surface area contributed by atoms with Crippen molar-refractivity contribution in [2.75, 3.05) is 6.54 Å². The zero-order chi connectivity index (χ0) is 10.0. The van der Waals surface area contributed by atoms with Gasteiger partial charge < -0.3 is 5.73 Å². The molecule has 0 aliphatic carbocycles. The second-order valence-corrected chi connectivity index (χ2v) is 4.22. The smallest absolute Gasteiger partial charge is 0.143 e. The second kappa shape index (κ2) is 4.40. The van der Waals surface area contributed by atoms with Crippen molar-refractivity contribution in [3.8, 4) is 0 Å². The lowest BCUT2D eigenvalue weighted by atomic mass is 10.0. The van der Waals surface area contributed by atoms with Crippen LogP contribution in [0.5, 0.6) is 0 Å². The fraction of sp³-hybridized carbons (Fsp3) is 0.333. The van der Waals surface area contributed by atoms with Gasteiger partial charge in [0.25, 0.3) is 0 Å². The molecule has 0 saturated carbocycles. The first-order chi connectivity index (χ1) is 6.06. The molecule has 0 aliphatic heterocycles. The Kier molecular flexibility index (Phi) is 3.71. The molecule has 0 heterocycles. The van der Waals surface area contributed by atoms with Crippen molar-refractivity contribution in [1.29, 1.82) is 0 Å². The average Bonchev–Trinajstić information content (AvgIpc) is 2.10. The number of halogens is 3. The monoisotopic (exact) mass is 265 g/mol. The normalized spacial score (nSPS) is 13.0. The molecule has 1 aromatic rings. The van der Waals surface area contributed by atoms with Crippen LogP contribution in [0, 0.1) is 5.82 Å². The summed E-state index contributed by atoms with van der Waals surface area (Å²) in [6, 6.07) is 3.14. The van der Waals surface area contributed by atoms with Crippen LogP contribution >= 0.6 is 27.5 Å². The largest absolute Gasteiger partial charge is 0.330 e. The van der Waals surface area contributed by atoms with E-state index < -0.39 is 5.82 Å². The summed E-state index contributed by atoms with van der Waals surface area (Å²) in [5.74, 6) is -0.342. The molecule has 0 fully saturated rings. The van der Waals surface area contributed by atoms with Gasteiger partial charge in [0.1, 0.15) is 5.82 Å². The minimum Gasteiger partial charge on any atom is -0.330 e. The third kappa shape index (κ3) is 2.42. The lowest BCUT2D eigenvalue weighted by molar-refractivity contribution is 0.621. The summed E-state index contributed by atoms with van der Waals surface area (Å²) in [6.07, 6.45) is 0. The highest BCUT2D eigenvalue weighted by atomic mass is 79.9. The van der Waals surface area contributed by atoms with E-state index in [9.17, 15) is 4.39 Å². The van der Waals surface area contributed by atoms with Crippen molar-refractivity contribution in [2.45, 2.75) is 12.8 Å². The molecule has 0 aromatic heterocycles. The topological polar surface area (TPSA) is 26.0 Å². The Morgan fingerprint density at radius 1 is 1.62 bits per heavy atom. The van der Waals surface area contributed by atoms with Crippen LogP contribution in [-0.2, 0) is 0 Å². The van der Waals surface area contributed by atoms with E-state index in [1.54, 1.807) is 6.07 Å². The van der Waals surface area contributed by atoms with Gasteiger partial charge in [0.15, 0.2) is 0 Å². The molecule has 0 amide bonds. The van der Waals surface area contributed by atoms with E-state index in [0.717, 1.165) is 5.56 Å². The van der Waals surface area contributed by atoms with Crippen molar-refractivity contribution >= 4 is 27.5 Å². The summed E-state index contributed by atoms with van der Waals surface area (Å²) in [5.41, 5.74) is 6.22. The SMILES string of the molecule is CC(CN)c1cc(Br)cc(F)c1Cl. The van der Waals surface area contributed by atoms with Crippen LogP contribution in [0.1, 0.15) is 18.4 Å². The quantitative estimate of drug-likeness (QED) is 0.817. The molecule has 4 heteroatoms. The molecule has 0 saturated heterocycles. The number of benzene rings is 1. The van der Waals surface area contributed by atoms with Gasteiger partial charge >= 0.3 is 0 Å². The molecule has 1 aromatic carbocycles. The van der Waals surface area contributed by atoms with Gasteiger partial charge in [-0.05, 0) is 30.2 Å². The van der Waals surface area contributed by atoms with E-state index in [1.807, 2.05) is 6.92 Å². The number of rotatable bonds is 2. The Bertz CT molecular complexity index is 317. The van der Waals surface area contributed by atoms with Crippen LogP contribution in [0.3, 0.4) is 0 Å². The summed E-state index contributed by atoms with van der Waals surface area (Å²) < 4.78 is 13.8. The van der Waals surface area contributed by atoms with Gasteiger partial charge in [-0.2, -0.15) is 0 Å². The molecule has 13 heavy (non-hydrogen) atoms. The van der Waals surface area contributed by atoms with Crippen LogP contribution in [0.2, 0.25) is 5.02 Å².